The highest BCUT2D eigenvalue weighted by atomic mass is 35.5. The van der Waals surface area contributed by atoms with Gasteiger partial charge in [0.15, 0.2) is 0 Å². The van der Waals surface area contributed by atoms with E-state index in [0.717, 1.165) is 18.4 Å². The summed E-state index contributed by atoms with van der Waals surface area (Å²) in [6.07, 6.45) is 2.43. The third-order valence-corrected chi connectivity index (χ3v) is 5.43. The van der Waals surface area contributed by atoms with Gasteiger partial charge < -0.3 is 20.1 Å². The van der Waals surface area contributed by atoms with E-state index in [1.807, 2.05) is 4.90 Å². The molecule has 136 valence electrons. The van der Waals surface area contributed by atoms with Gasteiger partial charge in [-0.15, -0.1) is 0 Å². The topological polar surface area (TPSA) is 78.9 Å². The van der Waals surface area contributed by atoms with Crippen LogP contribution in [0.1, 0.15) is 24.8 Å². The highest BCUT2D eigenvalue weighted by Gasteiger charge is 2.41. The van der Waals surface area contributed by atoms with Crippen molar-refractivity contribution in [3.05, 3.63) is 28.8 Å². The number of amides is 2. The second-order valence-electron chi connectivity index (χ2n) is 6.65. The van der Waals surface area contributed by atoms with Crippen LogP contribution >= 0.6 is 11.6 Å². The Morgan fingerprint density at radius 1 is 1.40 bits per heavy atom. The van der Waals surface area contributed by atoms with Gasteiger partial charge in [0.05, 0.1) is 30.2 Å². The van der Waals surface area contributed by atoms with Crippen LogP contribution in [-0.2, 0) is 20.7 Å². The fourth-order valence-electron chi connectivity index (χ4n) is 3.80. The Morgan fingerprint density at radius 2 is 2.20 bits per heavy atom. The summed E-state index contributed by atoms with van der Waals surface area (Å²) in [5.41, 5.74) is 0.759. The molecule has 0 unspecified atom stereocenters. The smallest absolute Gasteiger partial charge is 0.227 e. The zero-order valence-corrected chi connectivity index (χ0v) is 15.0. The number of morpholine rings is 1. The fraction of sp³-hybridized carbons (Fsp3) is 0.556. The maximum Gasteiger partial charge on any atom is 0.227 e. The molecule has 2 N–H and O–H groups in total. The number of carbonyl (C=O) groups is 2. The van der Waals surface area contributed by atoms with Crippen LogP contribution in [0, 0.1) is 5.92 Å². The Balaban J connectivity index is 1.71. The SMILES string of the molecule is CNC(=O)[C@H]1CC[C@H]2OCCN(C(=O)Cc3ccc(O)c(Cl)c3)[C@@H]2C1. The van der Waals surface area contributed by atoms with Crippen molar-refractivity contribution in [1.82, 2.24) is 10.2 Å². The summed E-state index contributed by atoms with van der Waals surface area (Å²) in [4.78, 5) is 26.7. The van der Waals surface area contributed by atoms with Crippen molar-refractivity contribution in [2.45, 2.75) is 37.8 Å². The number of rotatable bonds is 3. The number of aromatic hydroxyl groups is 1. The Labute approximate surface area is 152 Å². The number of nitrogens with one attached hydrogen (secondary N) is 1. The molecule has 1 aliphatic heterocycles. The van der Waals surface area contributed by atoms with Crippen molar-refractivity contribution in [3.63, 3.8) is 0 Å². The molecule has 1 heterocycles. The molecule has 0 aromatic heterocycles. The number of carbonyl (C=O) groups excluding carboxylic acids is 2. The van der Waals surface area contributed by atoms with Gasteiger partial charge in [0.2, 0.25) is 11.8 Å². The van der Waals surface area contributed by atoms with Gasteiger partial charge in [0, 0.05) is 19.5 Å². The third-order valence-electron chi connectivity index (χ3n) is 5.12. The van der Waals surface area contributed by atoms with Crippen molar-refractivity contribution in [3.8, 4) is 5.75 Å². The zero-order valence-electron chi connectivity index (χ0n) is 14.2. The Hall–Kier alpha value is -1.79. The third kappa shape index (κ3) is 3.90. The Bertz CT molecular complexity index is 666. The lowest BCUT2D eigenvalue weighted by Crippen LogP contribution is -2.57. The first-order valence-corrected chi connectivity index (χ1v) is 8.97. The number of fused-ring (bicyclic) bond motifs is 1. The van der Waals surface area contributed by atoms with Crippen LogP contribution in [0.4, 0.5) is 0 Å². The number of halogens is 1. The molecule has 1 aliphatic carbocycles. The predicted molar refractivity (Wildman–Crippen MR) is 93.5 cm³/mol. The van der Waals surface area contributed by atoms with E-state index in [0.29, 0.717) is 19.6 Å². The van der Waals surface area contributed by atoms with Gasteiger partial charge >= 0.3 is 0 Å². The summed E-state index contributed by atoms with van der Waals surface area (Å²) in [6, 6.07) is 4.74. The molecule has 0 spiro atoms. The van der Waals surface area contributed by atoms with Crippen molar-refractivity contribution < 1.29 is 19.4 Å². The van der Waals surface area contributed by atoms with E-state index in [1.165, 1.54) is 6.07 Å². The Kier molecular flexibility index (Phi) is 5.49. The first-order chi connectivity index (χ1) is 12.0. The van der Waals surface area contributed by atoms with E-state index in [4.69, 9.17) is 16.3 Å². The number of phenols is 1. The number of nitrogens with zero attached hydrogens (tertiary/aromatic N) is 1. The van der Waals surface area contributed by atoms with Crippen molar-refractivity contribution >= 4 is 23.4 Å². The summed E-state index contributed by atoms with van der Waals surface area (Å²) < 4.78 is 5.83. The molecule has 1 aromatic carbocycles. The molecule has 2 fully saturated rings. The fourth-order valence-corrected chi connectivity index (χ4v) is 4.00. The monoisotopic (exact) mass is 366 g/mol. The van der Waals surface area contributed by atoms with Crippen LogP contribution in [0.15, 0.2) is 18.2 Å². The quantitative estimate of drug-likeness (QED) is 0.854. The highest BCUT2D eigenvalue weighted by molar-refractivity contribution is 6.32. The van der Waals surface area contributed by atoms with Crippen molar-refractivity contribution in [1.29, 1.82) is 0 Å². The van der Waals surface area contributed by atoms with Gasteiger partial charge in [-0.25, -0.2) is 0 Å². The molecule has 3 atom stereocenters. The minimum atomic E-state index is -0.0774. The molecular weight excluding hydrogens is 344 g/mol. The molecule has 1 saturated heterocycles. The summed E-state index contributed by atoms with van der Waals surface area (Å²) >= 11 is 5.92. The molecule has 25 heavy (non-hydrogen) atoms. The van der Waals surface area contributed by atoms with Gasteiger partial charge in [-0.1, -0.05) is 17.7 Å². The van der Waals surface area contributed by atoms with Gasteiger partial charge in [0.1, 0.15) is 5.75 Å². The number of ether oxygens (including phenoxy) is 1. The molecule has 2 amide bonds. The number of benzene rings is 1. The summed E-state index contributed by atoms with van der Waals surface area (Å²) in [5.74, 6) is -0.0456. The van der Waals surface area contributed by atoms with Crippen LogP contribution in [0.2, 0.25) is 5.02 Å². The van der Waals surface area contributed by atoms with Gasteiger partial charge in [-0.05, 0) is 37.0 Å². The lowest BCUT2D eigenvalue weighted by Gasteiger charge is -2.45. The average Bonchev–Trinajstić information content (AvgIpc) is 2.63. The lowest BCUT2D eigenvalue weighted by atomic mass is 9.81. The minimum absolute atomic E-state index is 0.00186. The number of phenolic OH excluding ortho intramolecular Hbond substituents is 1. The van der Waals surface area contributed by atoms with E-state index >= 15 is 0 Å². The van der Waals surface area contributed by atoms with E-state index in [2.05, 4.69) is 5.32 Å². The second-order valence-corrected chi connectivity index (χ2v) is 7.06. The summed E-state index contributed by atoms with van der Waals surface area (Å²) in [7, 11) is 1.64. The molecular formula is C18H23ClN2O4. The normalized spacial score (nSPS) is 26.0. The van der Waals surface area contributed by atoms with Crippen LogP contribution < -0.4 is 5.32 Å². The van der Waals surface area contributed by atoms with Crippen LogP contribution in [0.5, 0.6) is 5.75 Å². The molecule has 1 saturated carbocycles. The number of hydrogen-bond donors (Lipinski definition) is 2. The standard InChI is InChI=1S/C18H23ClN2O4/c1-20-18(24)12-3-5-16-14(10-12)21(6-7-25-16)17(23)9-11-2-4-15(22)13(19)8-11/h2,4,8,12,14,16,22H,3,5-7,9-10H2,1H3,(H,20,24)/t12-,14+,16+/m0/s1. The second kappa shape index (κ2) is 7.62. The van der Waals surface area contributed by atoms with Crippen LogP contribution in [0.25, 0.3) is 0 Å². The predicted octanol–water partition coefficient (Wildman–Crippen LogP) is 1.73. The van der Waals surface area contributed by atoms with E-state index in [9.17, 15) is 14.7 Å². The van der Waals surface area contributed by atoms with E-state index in [1.54, 1.807) is 19.2 Å². The zero-order chi connectivity index (χ0) is 18.0. The molecule has 6 nitrogen and oxygen atoms in total. The van der Waals surface area contributed by atoms with Gasteiger partial charge in [0.25, 0.3) is 0 Å². The lowest BCUT2D eigenvalue weighted by molar-refractivity contribution is -0.153. The minimum Gasteiger partial charge on any atom is -0.506 e. The first-order valence-electron chi connectivity index (χ1n) is 8.59. The van der Waals surface area contributed by atoms with Crippen molar-refractivity contribution in [2.24, 2.45) is 5.92 Å². The molecule has 3 rings (SSSR count). The average molecular weight is 367 g/mol. The first kappa shape index (κ1) is 18.0. The summed E-state index contributed by atoms with van der Waals surface area (Å²) in [5, 5.41) is 12.4. The van der Waals surface area contributed by atoms with Crippen LogP contribution in [-0.4, -0.2) is 54.2 Å². The molecule has 0 bridgehead atoms. The molecule has 0 radical (unpaired) electrons. The van der Waals surface area contributed by atoms with Gasteiger partial charge in [-0.3, -0.25) is 9.59 Å². The largest absolute Gasteiger partial charge is 0.506 e. The highest BCUT2D eigenvalue weighted by Crippen LogP contribution is 2.33. The number of hydrogen-bond acceptors (Lipinski definition) is 4. The Morgan fingerprint density at radius 3 is 2.92 bits per heavy atom. The molecule has 7 heteroatoms. The maximum absolute atomic E-state index is 12.8. The van der Waals surface area contributed by atoms with E-state index in [-0.39, 0.29) is 47.1 Å². The maximum atomic E-state index is 12.8. The van der Waals surface area contributed by atoms with Crippen LogP contribution in [0.3, 0.4) is 0 Å². The molecule has 1 aromatic rings. The van der Waals surface area contributed by atoms with Gasteiger partial charge in [-0.2, -0.15) is 0 Å². The van der Waals surface area contributed by atoms with E-state index < -0.39 is 0 Å². The van der Waals surface area contributed by atoms with Crippen molar-refractivity contribution in [2.75, 3.05) is 20.2 Å². The molecule has 2 aliphatic rings. The summed E-state index contributed by atoms with van der Waals surface area (Å²) in [6.45, 7) is 1.06.